The smallest absolute Gasteiger partial charge is 0.331 e. The van der Waals surface area contributed by atoms with E-state index in [0.29, 0.717) is 12.5 Å². The molecule has 0 saturated heterocycles. The molecule has 0 aliphatic rings. The summed E-state index contributed by atoms with van der Waals surface area (Å²) in [5, 5.41) is 9.62. The molecule has 0 spiro atoms. The standard InChI is InChI=1S/C10H16N2O3/c1-6(2)4-5-12-9(14)7(3)8(13)11-10(12)15/h6,14H,4-5H2,1-3H3,(H,11,13,15). The Bertz CT molecular complexity index is 457. The average Bonchev–Trinajstić information content (AvgIpc) is 2.14. The maximum Gasteiger partial charge on any atom is 0.331 e. The number of rotatable bonds is 3. The largest absolute Gasteiger partial charge is 0.494 e. The van der Waals surface area contributed by atoms with Gasteiger partial charge in [0, 0.05) is 6.54 Å². The minimum Gasteiger partial charge on any atom is -0.494 e. The van der Waals surface area contributed by atoms with E-state index in [4.69, 9.17) is 0 Å². The van der Waals surface area contributed by atoms with Gasteiger partial charge in [-0.15, -0.1) is 0 Å². The highest BCUT2D eigenvalue weighted by Crippen LogP contribution is 2.10. The fourth-order valence-corrected chi connectivity index (χ4v) is 1.25. The molecule has 0 unspecified atom stereocenters. The summed E-state index contributed by atoms with van der Waals surface area (Å²) in [7, 11) is 0. The molecule has 0 aliphatic heterocycles. The van der Waals surface area contributed by atoms with Gasteiger partial charge in [-0.1, -0.05) is 13.8 Å². The molecule has 5 heteroatoms. The van der Waals surface area contributed by atoms with Crippen LogP contribution in [0, 0.1) is 12.8 Å². The van der Waals surface area contributed by atoms with E-state index < -0.39 is 11.2 Å². The summed E-state index contributed by atoms with van der Waals surface area (Å²) in [6.45, 7) is 5.96. The lowest BCUT2D eigenvalue weighted by atomic mass is 10.1. The van der Waals surface area contributed by atoms with Crippen molar-refractivity contribution in [3.05, 3.63) is 26.4 Å². The Hall–Kier alpha value is -1.52. The highest BCUT2D eigenvalue weighted by molar-refractivity contribution is 5.20. The quantitative estimate of drug-likeness (QED) is 0.770. The Balaban J connectivity index is 3.13. The molecule has 0 radical (unpaired) electrons. The summed E-state index contributed by atoms with van der Waals surface area (Å²) in [4.78, 5) is 24.7. The minimum absolute atomic E-state index is 0.179. The van der Waals surface area contributed by atoms with Crippen molar-refractivity contribution >= 4 is 0 Å². The van der Waals surface area contributed by atoms with Gasteiger partial charge in [-0.2, -0.15) is 0 Å². The molecule has 0 fully saturated rings. The molecule has 0 amide bonds. The van der Waals surface area contributed by atoms with Crippen LogP contribution in [0.1, 0.15) is 25.8 Å². The van der Waals surface area contributed by atoms with Crippen LogP contribution in [0.15, 0.2) is 9.59 Å². The number of aromatic nitrogens is 2. The van der Waals surface area contributed by atoms with Crippen molar-refractivity contribution in [2.75, 3.05) is 0 Å². The fourth-order valence-electron chi connectivity index (χ4n) is 1.25. The number of hydrogen-bond acceptors (Lipinski definition) is 3. The highest BCUT2D eigenvalue weighted by atomic mass is 16.3. The summed E-state index contributed by atoms with van der Waals surface area (Å²) in [5.41, 5.74) is -0.902. The maximum atomic E-state index is 11.4. The van der Waals surface area contributed by atoms with Crippen LogP contribution >= 0.6 is 0 Å². The monoisotopic (exact) mass is 212 g/mol. The van der Waals surface area contributed by atoms with E-state index in [1.165, 1.54) is 11.5 Å². The molecule has 0 aliphatic carbocycles. The lowest BCUT2D eigenvalue weighted by molar-refractivity contribution is 0.380. The Morgan fingerprint density at radius 3 is 2.53 bits per heavy atom. The SMILES string of the molecule is Cc1c(O)n(CCC(C)C)c(=O)[nH]c1=O. The lowest BCUT2D eigenvalue weighted by Crippen LogP contribution is -2.31. The first-order valence-corrected chi connectivity index (χ1v) is 4.96. The topological polar surface area (TPSA) is 75.1 Å². The van der Waals surface area contributed by atoms with Crippen LogP contribution in [0.4, 0.5) is 0 Å². The predicted octanol–water partition coefficient (Wildman–Crippen LogP) is 0.597. The molecule has 15 heavy (non-hydrogen) atoms. The van der Waals surface area contributed by atoms with Gasteiger partial charge in [0.15, 0.2) is 0 Å². The molecule has 1 aromatic heterocycles. The molecule has 5 nitrogen and oxygen atoms in total. The van der Waals surface area contributed by atoms with Gasteiger partial charge < -0.3 is 5.11 Å². The first kappa shape index (κ1) is 11.6. The van der Waals surface area contributed by atoms with Gasteiger partial charge >= 0.3 is 5.69 Å². The van der Waals surface area contributed by atoms with E-state index in [1.54, 1.807) is 0 Å². The molecule has 2 N–H and O–H groups in total. The second kappa shape index (κ2) is 4.33. The molecule has 1 aromatic rings. The van der Waals surface area contributed by atoms with Gasteiger partial charge in [-0.05, 0) is 19.3 Å². The molecule has 1 heterocycles. The van der Waals surface area contributed by atoms with Gasteiger partial charge in [0.1, 0.15) is 0 Å². The van der Waals surface area contributed by atoms with Crippen LogP contribution in [-0.4, -0.2) is 14.7 Å². The zero-order valence-electron chi connectivity index (χ0n) is 9.20. The zero-order valence-corrected chi connectivity index (χ0v) is 9.20. The first-order chi connectivity index (χ1) is 6.93. The summed E-state index contributed by atoms with van der Waals surface area (Å²) in [6, 6.07) is 0. The summed E-state index contributed by atoms with van der Waals surface area (Å²) in [6.07, 6.45) is 0.777. The Kier molecular flexibility index (Phi) is 3.34. The second-order valence-corrected chi connectivity index (χ2v) is 4.04. The van der Waals surface area contributed by atoms with E-state index in [2.05, 4.69) is 4.98 Å². The van der Waals surface area contributed by atoms with Gasteiger partial charge in [-0.3, -0.25) is 14.3 Å². The maximum absolute atomic E-state index is 11.4. The van der Waals surface area contributed by atoms with Crippen molar-refractivity contribution in [1.29, 1.82) is 0 Å². The van der Waals surface area contributed by atoms with E-state index in [1.807, 2.05) is 13.8 Å². The van der Waals surface area contributed by atoms with E-state index in [0.717, 1.165) is 6.42 Å². The molecule has 0 atom stereocenters. The number of nitrogens with one attached hydrogen (secondary N) is 1. The second-order valence-electron chi connectivity index (χ2n) is 4.04. The fraction of sp³-hybridized carbons (Fsp3) is 0.600. The number of nitrogens with zero attached hydrogens (tertiary/aromatic N) is 1. The van der Waals surface area contributed by atoms with Gasteiger partial charge in [0.25, 0.3) is 5.56 Å². The van der Waals surface area contributed by atoms with Crippen LogP contribution in [0.25, 0.3) is 0 Å². The van der Waals surface area contributed by atoms with Crippen LogP contribution < -0.4 is 11.2 Å². The van der Waals surface area contributed by atoms with Crippen molar-refractivity contribution in [3.8, 4) is 5.88 Å². The summed E-state index contributed by atoms with van der Waals surface area (Å²) in [5.74, 6) is 0.202. The third-order valence-electron chi connectivity index (χ3n) is 2.33. The Morgan fingerprint density at radius 2 is 2.00 bits per heavy atom. The van der Waals surface area contributed by atoms with Crippen LogP contribution in [0.2, 0.25) is 0 Å². The molecule has 84 valence electrons. The van der Waals surface area contributed by atoms with Crippen molar-refractivity contribution in [1.82, 2.24) is 9.55 Å². The number of H-pyrrole nitrogens is 1. The molecular formula is C10H16N2O3. The average molecular weight is 212 g/mol. The van der Waals surface area contributed by atoms with Gasteiger partial charge in [0.05, 0.1) is 5.56 Å². The lowest BCUT2D eigenvalue weighted by Gasteiger charge is -2.10. The molecule has 1 rings (SSSR count). The third kappa shape index (κ3) is 2.49. The van der Waals surface area contributed by atoms with E-state index in [-0.39, 0.29) is 11.4 Å². The van der Waals surface area contributed by atoms with E-state index in [9.17, 15) is 14.7 Å². The number of hydrogen-bond donors (Lipinski definition) is 2. The molecule has 0 aromatic carbocycles. The third-order valence-corrected chi connectivity index (χ3v) is 2.33. The minimum atomic E-state index is -0.552. The summed E-state index contributed by atoms with van der Waals surface area (Å²) < 4.78 is 1.19. The van der Waals surface area contributed by atoms with Crippen molar-refractivity contribution in [2.24, 2.45) is 5.92 Å². The Morgan fingerprint density at radius 1 is 1.40 bits per heavy atom. The Labute approximate surface area is 87.4 Å². The molecule has 0 saturated carbocycles. The zero-order chi connectivity index (χ0) is 11.6. The van der Waals surface area contributed by atoms with Crippen molar-refractivity contribution in [2.45, 2.75) is 33.7 Å². The van der Waals surface area contributed by atoms with Crippen LogP contribution in [0.5, 0.6) is 5.88 Å². The van der Waals surface area contributed by atoms with Crippen molar-refractivity contribution in [3.63, 3.8) is 0 Å². The highest BCUT2D eigenvalue weighted by Gasteiger charge is 2.09. The number of aromatic amines is 1. The number of aromatic hydroxyl groups is 1. The van der Waals surface area contributed by atoms with Crippen LogP contribution in [0.3, 0.4) is 0 Å². The predicted molar refractivity (Wildman–Crippen MR) is 57.2 cm³/mol. The normalized spacial score (nSPS) is 10.9. The van der Waals surface area contributed by atoms with E-state index >= 15 is 0 Å². The van der Waals surface area contributed by atoms with Gasteiger partial charge in [0.2, 0.25) is 5.88 Å². The van der Waals surface area contributed by atoms with Crippen molar-refractivity contribution < 1.29 is 5.11 Å². The first-order valence-electron chi connectivity index (χ1n) is 4.96. The molecule has 0 bridgehead atoms. The van der Waals surface area contributed by atoms with Crippen LogP contribution in [-0.2, 0) is 6.54 Å². The molecular weight excluding hydrogens is 196 g/mol. The van der Waals surface area contributed by atoms with Gasteiger partial charge in [-0.25, -0.2) is 4.79 Å². The summed E-state index contributed by atoms with van der Waals surface area (Å²) >= 11 is 0.